The molecule has 0 aromatic rings. The van der Waals surface area contributed by atoms with Crippen LogP contribution in [0.3, 0.4) is 0 Å². The molecule has 0 amide bonds. The van der Waals surface area contributed by atoms with Crippen molar-refractivity contribution in [1.82, 2.24) is 4.90 Å². The maximum Gasteiger partial charge on any atom is 0.107 e. The van der Waals surface area contributed by atoms with E-state index in [4.69, 9.17) is 0 Å². The van der Waals surface area contributed by atoms with Crippen LogP contribution >= 0.6 is 12.4 Å². The van der Waals surface area contributed by atoms with Crippen molar-refractivity contribution in [3.8, 4) is 0 Å². The lowest BCUT2D eigenvalue weighted by molar-refractivity contribution is -0.00765. The van der Waals surface area contributed by atoms with Crippen LogP contribution in [-0.4, -0.2) is 29.3 Å². The number of aliphatic hydroxyl groups excluding tert-OH is 1. The topological polar surface area (TPSA) is 23.5 Å². The van der Waals surface area contributed by atoms with Gasteiger partial charge >= 0.3 is 0 Å². The molecule has 0 radical (unpaired) electrons. The van der Waals surface area contributed by atoms with Crippen molar-refractivity contribution in [2.24, 2.45) is 5.92 Å². The highest BCUT2D eigenvalue weighted by molar-refractivity contribution is 5.85. The van der Waals surface area contributed by atoms with E-state index in [0.29, 0.717) is 0 Å². The Morgan fingerprint density at radius 2 is 2.00 bits per heavy atom. The number of aliphatic hydroxyl groups is 1. The van der Waals surface area contributed by atoms with Crippen LogP contribution in [-0.2, 0) is 0 Å². The van der Waals surface area contributed by atoms with Crippen LogP contribution < -0.4 is 0 Å². The maximum atomic E-state index is 9.32. The Labute approximate surface area is 67.6 Å². The normalized spacial score (nSPS) is 44.7. The highest BCUT2D eigenvalue weighted by atomic mass is 35.5. The fourth-order valence-corrected chi connectivity index (χ4v) is 1.94. The molecule has 2 bridgehead atoms. The second kappa shape index (κ2) is 3.07. The molecule has 0 aromatic heterocycles. The van der Waals surface area contributed by atoms with Gasteiger partial charge < -0.3 is 5.11 Å². The smallest absolute Gasteiger partial charge is 0.107 e. The molecule has 2 fully saturated rings. The van der Waals surface area contributed by atoms with Gasteiger partial charge in [-0.1, -0.05) is 0 Å². The van der Waals surface area contributed by atoms with Crippen molar-refractivity contribution < 1.29 is 5.11 Å². The molecule has 0 aliphatic carbocycles. The summed E-state index contributed by atoms with van der Waals surface area (Å²) >= 11 is 0. The molecule has 10 heavy (non-hydrogen) atoms. The number of hydrogen-bond donors (Lipinski definition) is 1. The SMILES string of the molecule is Cl.OC1CCC2CCN1C2. The van der Waals surface area contributed by atoms with Crippen molar-refractivity contribution in [1.29, 1.82) is 0 Å². The van der Waals surface area contributed by atoms with Gasteiger partial charge in [-0.25, -0.2) is 0 Å². The highest BCUT2D eigenvalue weighted by Gasteiger charge is 2.31. The monoisotopic (exact) mass is 163 g/mol. The van der Waals surface area contributed by atoms with E-state index in [1.54, 1.807) is 0 Å². The Balaban J connectivity index is 0.000000500. The summed E-state index contributed by atoms with van der Waals surface area (Å²) in [5.41, 5.74) is 0. The molecule has 2 saturated heterocycles. The minimum Gasteiger partial charge on any atom is -0.378 e. The molecular formula is C7H14ClNO. The first-order chi connectivity index (χ1) is 4.36. The zero-order valence-corrected chi connectivity index (χ0v) is 6.81. The lowest BCUT2D eigenvalue weighted by Crippen LogP contribution is -2.36. The number of rotatable bonds is 0. The van der Waals surface area contributed by atoms with E-state index in [1.807, 2.05) is 0 Å². The average Bonchev–Trinajstić information content (AvgIpc) is 2.25. The molecule has 2 aliphatic rings. The molecule has 0 spiro atoms. The van der Waals surface area contributed by atoms with Crippen molar-refractivity contribution >= 4 is 12.4 Å². The molecular weight excluding hydrogens is 150 g/mol. The number of hydrogen-bond acceptors (Lipinski definition) is 2. The zero-order valence-electron chi connectivity index (χ0n) is 5.99. The summed E-state index contributed by atoms with van der Waals surface area (Å²) in [5.74, 6) is 0.911. The first kappa shape index (κ1) is 8.31. The zero-order chi connectivity index (χ0) is 6.27. The number of halogens is 1. The quantitative estimate of drug-likeness (QED) is 0.572. The van der Waals surface area contributed by atoms with Gasteiger partial charge in [-0.15, -0.1) is 12.4 Å². The Bertz CT molecular complexity index is 120. The summed E-state index contributed by atoms with van der Waals surface area (Å²) in [6.45, 7) is 2.28. The molecule has 0 aromatic carbocycles. The molecule has 60 valence electrons. The Hall–Kier alpha value is 0.210. The van der Waals surface area contributed by atoms with Crippen molar-refractivity contribution in [3.05, 3.63) is 0 Å². The summed E-state index contributed by atoms with van der Waals surface area (Å²) in [6.07, 6.45) is 3.46. The van der Waals surface area contributed by atoms with E-state index < -0.39 is 0 Å². The Kier molecular flexibility index (Phi) is 2.55. The van der Waals surface area contributed by atoms with Crippen LogP contribution in [0.5, 0.6) is 0 Å². The summed E-state index contributed by atoms with van der Waals surface area (Å²) in [5, 5.41) is 9.32. The fraction of sp³-hybridized carbons (Fsp3) is 1.00. The van der Waals surface area contributed by atoms with E-state index in [0.717, 1.165) is 25.4 Å². The molecule has 1 N–H and O–H groups in total. The van der Waals surface area contributed by atoms with E-state index in [2.05, 4.69) is 4.90 Å². The van der Waals surface area contributed by atoms with Crippen molar-refractivity contribution in [2.45, 2.75) is 25.5 Å². The van der Waals surface area contributed by atoms with E-state index in [1.165, 1.54) is 12.8 Å². The lowest BCUT2D eigenvalue weighted by Gasteiger charge is -2.27. The van der Waals surface area contributed by atoms with Gasteiger partial charge in [0.2, 0.25) is 0 Å². The van der Waals surface area contributed by atoms with Crippen LogP contribution in [0.4, 0.5) is 0 Å². The molecule has 2 rings (SSSR count). The van der Waals surface area contributed by atoms with Crippen LogP contribution in [0, 0.1) is 5.92 Å². The highest BCUT2D eigenvalue weighted by Crippen LogP contribution is 2.29. The first-order valence-electron chi connectivity index (χ1n) is 3.78. The van der Waals surface area contributed by atoms with Crippen molar-refractivity contribution in [2.75, 3.05) is 13.1 Å². The standard InChI is InChI=1S/C7H13NO.ClH/c9-7-2-1-6-3-4-8(7)5-6;/h6-7,9H,1-5H2;1H. The van der Waals surface area contributed by atoms with Gasteiger partial charge in [0.1, 0.15) is 6.23 Å². The third-order valence-electron chi connectivity index (χ3n) is 2.57. The fourth-order valence-electron chi connectivity index (χ4n) is 1.94. The Morgan fingerprint density at radius 3 is 2.70 bits per heavy atom. The maximum absolute atomic E-state index is 9.32. The minimum atomic E-state index is -0.108. The van der Waals surface area contributed by atoms with E-state index >= 15 is 0 Å². The molecule has 3 unspecified atom stereocenters. The first-order valence-corrected chi connectivity index (χ1v) is 3.78. The Morgan fingerprint density at radius 1 is 1.20 bits per heavy atom. The molecule has 2 nitrogen and oxygen atoms in total. The van der Waals surface area contributed by atoms with Gasteiger partial charge in [0.15, 0.2) is 0 Å². The summed E-state index contributed by atoms with van der Waals surface area (Å²) < 4.78 is 0. The van der Waals surface area contributed by atoms with Gasteiger partial charge in [0, 0.05) is 13.1 Å². The minimum absolute atomic E-state index is 0. The largest absolute Gasteiger partial charge is 0.378 e. The second-order valence-electron chi connectivity index (χ2n) is 3.21. The summed E-state index contributed by atoms with van der Waals surface area (Å²) in [4.78, 5) is 2.19. The van der Waals surface area contributed by atoms with Crippen LogP contribution in [0.1, 0.15) is 19.3 Å². The van der Waals surface area contributed by atoms with Crippen LogP contribution in [0.25, 0.3) is 0 Å². The van der Waals surface area contributed by atoms with Gasteiger partial charge in [-0.05, 0) is 25.2 Å². The van der Waals surface area contributed by atoms with E-state index in [-0.39, 0.29) is 18.6 Å². The lowest BCUT2D eigenvalue weighted by atomic mass is 10.0. The molecule has 3 heteroatoms. The van der Waals surface area contributed by atoms with Crippen LogP contribution in [0.2, 0.25) is 0 Å². The number of piperidine rings is 1. The van der Waals surface area contributed by atoms with Crippen LogP contribution in [0.15, 0.2) is 0 Å². The van der Waals surface area contributed by atoms with Gasteiger partial charge in [0.25, 0.3) is 0 Å². The molecule has 2 aliphatic heterocycles. The summed E-state index contributed by atoms with van der Waals surface area (Å²) in [7, 11) is 0. The van der Waals surface area contributed by atoms with E-state index in [9.17, 15) is 5.11 Å². The third-order valence-corrected chi connectivity index (χ3v) is 2.57. The molecule has 3 atom stereocenters. The third kappa shape index (κ3) is 1.29. The molecule has 0 saturated carbocycles. The predicted molar refractivity (Wildman–Crippen MR) is 42.2 cm³/mol. The summed E-state index contributed by atoms with van der Waals surface area (Å²) in [6, 6.07) is 0. The average molecular weight is 164 g/mol. The number of nitrogens with zero attached hydrogens (tertiary/aromatic N) is 1. The predicted octanol–water partition coefficient (Wildman–Crippen LogP) is 0.842. The number of fused-ring (bicyclic) bond motifs is 2. The van der Waals surface area contributed by atoms with Gasteiger partial charge in [-0.3, -0.25) is 4.90 Å². The second-order valence-corrected chi connectivity index (χ2v) is 3.21. The molecule has 2 heterocycles. The van der Waals surface area contributed by atoms with Crippen molar-refractivity contribution in [3.63, 3.8) is 0 Å². The van der Waals surface area contributed by atoms with Gasteiger partial charge in [-0.2, -0.15) is 0 Å². The van der Waals surface area contributed by atoms with Gasteiger partial charge in [0.05, 0.1) is 0 Å².